The van der Waals surface area contributed by atoms with Gasteiger partial charge in [-0.2, -0.15) is 13.2 Å². The van der Waals surface area contributed by atoms with Crippen LogP contribution in [0.25, 0.3) is 0 Å². The molecular formula is C7H11ClF3NO. The summed E-state index contributed by atoms with van der Waals surface area (Å²) in [6.45, 7) is 1.60. The van der Waals surface area contributed by atoms with Gasteiger partial charge < -0.3 is 4.90 Å². The second-order valence-electron chi connectivity index (χ2n) is 2.58. The first-order valence-corrected chi connectivity index (χ1v) is 4.21. The summed E-state index contributed by atoms with van der Waals surface area (Å²) in [7, 11) is 0. The maximum Gasteiger partial charge on any atom is 0.406 e. The molecule has 0 aliphatic heterocycles. The molecule has 78 valence electrons. The summed E-state index contributed by atoms with van der Waals surface area (Å²) in [5, 5.41) is -0.915. The van der Waals surface area contributed by atoms with Gasteiger partial charge in [0.1, 0.15) is 11.9 Å². The molecule has 0 rings (SSSR count). The van der Waals surface area contributed by atoms with Gasteiger partial charge in [-0.3, -0.25) is 4.79 Å². The van der Waals surface area contributed by atoms with E-state index in [1.54, 1.807) is 0 Å². The molecule has 0 aromatic heterocycles. The molecule has 0 aromatic rings. The molecule has 13 heavy (non-hydrogen) atoms. The highest BCUT2D eigenvalue weighted by Gasteiger charge is 2.33. The summed E-state index contributed by atoms with van der Waals surface area (Å²) in [5.41, 5.74) is 0. The van der Waals surface area contributed by atoms with Crippen LogP contribution in [0.3, 0.4) is 0 Å². The lowest BCUT2D eigenvalue weighted by atomic mass is 10.3. The van der Waals surface area contributed by atoms with Crippen molar-refractivity contribution < 1.29 is 18.0 Å². The van der Waals surface area contributed by atoms with Crippen LogP contribution < -0.4 is 0 Å². The summed E-state index contributed by atoms with van der Waals surface area (Å²) in [6, 6.07) is 0. The molecule has 6 heteroatoms. The zero-order valence-corrected chi connectivity index (χ0v) is 8.11. The zero-order valence-electron chi connectivity index (χ0n) is 7.36. The van der Waals surface area contributed by atoms with Gasteiger partial charge in [0, 0.05) is 6.54 Å². The highest BCUT2D eigenvalue weighted by atomic mass is 35.5. The summed E-state index contributed by atoms with van der Waals surface area (Å²) in [6.07, 6.45) is -4.36. The molecule has 0 aliphatic rings. The summed E-state index contributed by atoms with van der Waals surface area (Å²) in [5.74, 6) is -0.693. The number of rotatable bonds is 3. The van der Waals surface area contributed by atoms with E-state index in [0.717, 1.165) is 0 Å². The van der Waals surface area contributed by atoms with Crippen LogP contribution in [-0.4, -0.2) is 35.4 Å². The first-order valence-electron chi connectivity index (χ1n) is 3.77. The average molecular weight is 218 g/mol. The van der Waals surface area contributed by atoms with Gasteiger partial charge in [-0.05, 0) is 13.8 Å². The number of nitrogens with zero attached hydrogens (tertiary/aromatic N) is 1. The molecule has 0 bridgehead atoms. The lowest BCUT2D eigenvalue weighted by Gasteiger charge is -2.23. The van der Waals surface area contributed by atoms with Gasteiger partial charge in [0.15, 0.2) is 0 Å². The minimum Gasteiger partial charge on any atom is -0.333 e. The maximum absolute atomic E-state index is 11.9. The second-order valence-corrected chi connectivity index (χ2v) is 3.24. The molecule has 1 unspecified atom stereocenters. The smallest absolute Gasteiger partial charge is 0.333 e. The van der Waals surface area contributed by atoms with Crippen molar-refractivity contribution in [2.75, 3.05) is 13.1 Å². The number of carbonyl (C=O) groups is 1. The summed E-state index contributed by atoms with van der Waals surface area (Å²) < 4.78 is 35.6. The van der Waals surface area contributed by atoms with Crippen LogP contribution in [0, 0.1) is 0 Å². The standard InChI is InChI=1S/C7H11ClF3NO/c1-3-12(4-7(9,10)11)6(13)5(2)8/h5H,3-4H2,1-2H3. The van der Waals surface area contributed by atoms with E-state index in [4.69, 9.17) is 11.6 Å². The molecule has 0 radical (unpaired) electrons. The van der Waals surface area contributed by atoms with Crippen LogP contribution in [-0.2, 0) is 4.79 Å². The van der Waals surface area contributed by atoms with E-state index in [2.05, 4.69) is 0 Å². The molecule has 0 N–H and O–H groups in total. The highest BCUT2D eigenvalue weighted by Crippen LogP contribution is 2.17. The Kier molecular flexibility index (Phi) is 4.53. The molecule has 0 aromatic carbocycles. The third kappa shape index (κ3) is 4.98. The van der Waals surface area contributed by atoms with E-state index in [1.807, 2.05) is 0 Å². The molecule has 0 spiro atoms. The molecule has 0 heterocycles. The van der Waals surface area contributed by atoms with Crippen LogP contribution in [0.2, 0.25) is 0 Å². The van der Waals surface area contributed by atoms with Gasteiger partial charge >= 0.3 is 6.18 Å². The van der Waals surface area contributed by atoms with Crippen LogP contribution in [0.15, 0.2) is 0 Å². The Morgan fingerprint density at radius 2 is 2.00 bits per heavy atom. The van der Waals surface area contributed by atoms with E-state index in [0.29, 0.717) is 4.90 Å². The Hall–Kier alpha value is -0.450. The number of carbonyl (C=O) groups excluding carboxylic acids is 1. The predicted octanol–water partition coefficient (Wildman–Crippen LogP) is 2.02. The second kappa shape index (κ2) is 4.69. The predicted molar refractivity (Wildman–Crippen MR) is 43.6 cm³/mol. The normalized spacial score (nSPS) is 14.0. The first kappa shape index (κ1) is 12.6. The first-order chi connectivity index (χ1) is 5.78. The molecule has 1 atom stereocenters. The minimum absolute atomic E-state index is 0.00933. The van der Waals surface area contributed by atoms with Crippen molar-refractivity contribution >= 4 is 17.5 Å². The van der Waals surface area contributed by atoms with Crippen molar-refractivity contribution in [1.82, 2.24) is 4.90 Å². The van der Waals surface area contributed by atoms with Gasteiger partial charge in [-0.1, -0.05) is 0 Å². The van der Waals surface area contributed by atoms with Crippen molar-refractivity contribution in [1.29, 1.82) is 0 Å². The third-order valence-corrected chi connectivity index (χ3v) is 1.59. The lowest BCUT2D eigenvalue weighted by molar-refractivity contribution is -0.160. The Morgan fingerprint density at radius 1 is 1.54 bits per heavy atom. The average Bonchev–Trinajstić information content (AvgIpc) is 1.97. The lowest BCUT2D eigenvalue weighted by Crippen LogP contribution is -2.41. The number of hydrogen-bond acceptors (Lipinski definition) is 1. The number of hydrogen-bond donors (Lipinski definition) is 0. The Bertz CT molecular complexity index is 181. The molecular weight excluding hydrogens is 207 g/mol. The number of alkyl halides is 4. The van der Waals surface area contributed by atoms with Crippen molar-refractivity contribution in [2.45, 2.75) is 25.4 Å². The van der Waals surface area contributed by atoms with Gasteiger partial charge in [0.25, 0.3) is 0 Å². The molecule has 1 amide bonds. The fourth-order valence-corrected chi connectivity index (χ4v) is 0.952. The topological polar surface area (TPSA) is 20.3 Å². The van der Waals surface area contributed by atoms with Crippen LogP contribution >= 0.6 is 11.6 Å². The van der Waals surface area contributed by atoms with Crippen molar-refractivity contribution in [3.63, 3.8) is 0 Å². The highest BCUT2D eigenvalue weighted by molar-refractivity contribution is 6.30. The fraction of sp³-hybridized carbons (Fsp3) is 0.857. The van der Waals surface area contributed by atoms with Crippen molar-refractivity contribution in [3.8, 4) is 0 Å². The van der Waals surface area contributed by atoms with E-state index in [1.165, 1.54) is 13.8 Å². The third-order valence-electron chi connectivity index (χ3n) is 1.40. The van der Waals surface area contributed by atoms with Gasteiger partial charge in [0.05, 0.1) is 0 Å². The quantitative estimate of drug-likeness (QED) is 0.663. The van der Waals surface area contributed by atoms with E-state index in [-0.39, 0.29) is 6.54 Å². The van der Waals surface area contributed by atoms with Crippen LogP contribution in [0.5, 0.6) is 0 Å². The van der Waals surface area contributed by atoms with Gasteiger partial charge in [0.2, 0.25) is 5.91 Å². The summed E-state index contributed by atoms with van der Waals surface area (Å²) >= 11 is 5.37. The van der Waals surface area contributed by atoms with E-state index < -0.39 is 24.0 Å². The molecule has 0 fully saturated rings. The molecule has 0 saturated heterocycles. The number of halogens is 4. The Balaban J connectivity index is 4.27. The van der Waals surface area contributed by atoms with Gasteiger partial charge in [-0.15, -0.1) is 11.6 Å². The minimum atomic E-state index is -4.36. The van der Waals surface area contributed by atoms with E-state index >= 15 is 0 Å². The monoisotopic (exact) mass is 217 g/mol. The van der Waals surface area contributed by atoms with E-state index in [9.17, 15) is 18.0 Å². The zero-order chi connectivity index (χ0) is 10.6. The molecule has 2 nitrogen and oxygen atoms in total. The Labute approximate surface area is 79.7 Å². The largest absolute Gasteiger partial charge is 0.406 e. The SMILES string of the molecule is CCN(CC(F)(F)F)C(=O)C(C)Cl. The molecule has 0 aliphatic carbocycles. The van der Waals surface area contributed by atoms with Crippen LogP contribution in [0.4, 0.5) is 13.2 Å². The summed E-state index contributed by atoms with van der Waals surface area (Å²) in [4.78, 5) is 11.7. The molecule has 0 saturated carbocycles. The Morgan fingerprint density at radius 3 is 2.23 bits per heavy atom. The van der Waals surface area contributed by atoms with Crippen molar-refractivity contribution in [3.05, 3.63) is 0 Å². The maximum atomic E-state index is 11.9. The van der Waals surface area contributed by atoms with Gasteiger partial charge in [-0.25, -0.2) is 0 Å². The van der Waals surface area contributed by atoms with Crippen molar-refractivity contribution in [2.24, 2.45) is 0 Å². The fourth-order valence-electron chi connectivity index (χ4n) is 0.814. The van der Waals surface area contributed by atoms with Crippen LogP contribution in [0.1, 0.15) is 13.8 Å². The number of amides is 1.